The number of amides is 2. The normalized spacial score (nSPS) is 14.6. The highest BCUT2D eigenvalue weighted by Crippen LogP contribution is 2.29. The summed E-state index contributed by atoms with van der Waals surface area (Å²) in [5.74, 6) is 0.871. The Morgan fingerprint density at radius 2 is 1.80 bits per heavy atom. The third-order valence-electron chi connectivity index (χ3n) is 6.10. The molecule has 2 aromatic carbocycles. The number of pyridine rings is 1. The Kier molecular flexibility index (Phi) is 6.26. The predicted octanol–water partition coefficient (Wildman–Crippen LogP) is 3.71. The molecule has 35 heavy (non-hydrogen) atoms. The van der Waals surface area contributed by atoms with Crippen LogP contribution in [0.3, 0.4) is 0 Å². The first-order valence-corrected chi connectivity index (χ1v) is 11.5. The number of carbonyl (C=O) groups is 2. The van der Waals surface area contributed by atoms with Crippen molar-refractivity contribution < 1.29 is 14.3 Å². The van der Waals surface area contributed by atoms with Gasteiger partial charge in [-0.25, -0.2) is 4.98 Å². The Balaban J connectivity index is 1.24. The van der Waals surface area contributed by atoms with Crippen LogP contribution in [0.4, 0.5) is 0 Å². The van der Waals surface area contributed by atoms with Gasteiger partial charge in [0.2, 0.25) is 0 Å². The van der Waals surface area contributed by atoms with Crippen LogP contribution in [-0.2, 0) is 12.8 Å². The second-order valence-corrected chi connectivity index (χ2v) is 8.42. The van der Waals surface area contributed by atoms with E-state index in [1.165, 1.54) is 5.56 Å². The molecule has 0 saturated heterocycles. The molecular formula is C27H25N5O3. The summed E-state index contributed by atoms with van der Waals surface area (Å²) in [6, 6.07) is 16.8. The molecule has 8 heteroatoms. The molecule has 0 saturated carbocycles. The maximum atomic E-state index is 12.8. The summed E-state index contributed by atoms with van der Waals surface area (Å²) in [6.45, 7) is 0. The van der Waals surface area contributed by atoms with E-state index in [0.29, 0.717) is 22.8 Å². The first kappa shape index (κ1) is 22.3. The average Bonchev–Trinajstić information content (AvgIpc) is 3.43. The molecule has 1 aliphatic carbocycles. The summed E-state index contributed by atoms with van der Waals surface area (Å²) in [6.07, 6.45) is 9.35. The van der Waals surface area contributed by atoms with E-state index in [1.807, 2.05) is 47.2 Å². The van der Waals surface area contributed by atoms with E-state index in [1.54, 1.807) is 37.9 Å². The fourth-order valence-electron chi connectivity index (χ4n) is 4.25. The van der Waals surface area contributed by atoms with Gasteiger partial charge in [-0.15, -0.1) is 0 Å². The van der Waals surface area contributed by atoms with Crippen LogP contribution in [0.15, 0.2) is 79.5 Å². The molecule has 176 valence electrons. The van der Waals surface area contributed by atoms with E-state index in [2.05, 4.69) is 26.7 Å². The van der Waals surface area contributed by atoms with Crippen LogP contribution in [0.25, 0.3) is 5.69 Å². The van der Waals surface area contributed by atoms with Crippen molar-refractivity contribution in [3.63, 3.8) is 0 Å². The van der Waals surface area contributed by atoms with Gasteiger partial charge in [0.1, 0.15) is 17.2 Å². The first-order valence-electron chi connectivity index (χ1n) is 11.5. The van der Waals surface area contributed by atoms with Gasteiger partial charge in [-0.1, -0.05) is 6.07 Å². The second-order valence-electron chi connectivity index (χ2n) is 8.42. The molecule has 2 amide bonds. The first-order chi connectivity index (χ1) is 17.1. The zero-order chi connectivity index (χ0) is 24.2. The summed E-state index contributed by atoms with van der Waals surface area (Å²) in [5, 5.41) is 5.73. The molecule has 0 aliphatic heterocycles. The molecule has 0 spiro atoms. The van der Waals surface area contributed by atoms with E-state index < -0.39 is 0 Å². The van der Waals surface area contributed by atoms with Crippen LogP contribution in [-0.4, -0.2) is 39.4 Å². The summed E-state index contributed by atoms with van der Waals surface area (Å²) < 4.78 is 7.89. The van der Waals surface area contributed by atoms with Crippen molar-refractivity contribution in [2.45, 2.75) is 25.3 Å². The Labute approximate surface area is 203 Å². The Morgan fingerprint density at radius 1 is 0.971 bits per heavy atom. The fraction of sp³-hybridized carbons (Fsp3) is 0.185. The number of hydrogen-bond donors (Lipinski definition) is 2. The van der Waals surface area contributed by atoms with E-state index >= 15 is 0 Å². The SMILES string of the molecule is CNC(=O)c1cc(Oc2ccc3c(c2)CC(NC(=O)c2ccc(-n4ccnc4)cc2)CC3)ccn1. The molecule has 0 fully saturated rings. The number of fused-ring (bicyclic) bond motifs is 1. The summed E-state index contributed by atoms with van der Waals surface area (Å²) in [7, 11) is 1.56. The number of carbonyl (C=O) groups excluding carboxylic acids is 2. The van der Waals surface area contributed by atoms with Crippen LogP contribution >= 0.6 is 0 Å². The molecule has 2 aromatic heterocycles. The van der Waals surface area contributed by atoms with Gasteiger partial charge in [-0.2, -0.15) is 0 Å². The third kappa shape index (κ3) is 5.06. The van der Waals surface area contributed by atoms with Crippen LogP contribution in [0, 0.1) is 0 Å². The molecule has 1 unspecified atom stereocenters. The van der Waals surface area contributed by atoms with Crippen molar-refractivity contribution in [3.05, 3.63) is 102 Å². The number of ether oxygens (including phenoxy) is 1. The summed E-state index contributed by atoms with van der Waals surface area (Å²) in [5.41, 5.74) is 4.28. The van der Waals surface area contributed by atoms with E-state index in [0.717, 1.165) is 30.5 Å². The van der Waals surface area contributed by atoms with Crippen molar-refractivity contribution in [2.75, 3.05) is 7.05 Å². The average molecular weight is 468 g/mol. The minimum atomic E-state index is -0.268. The Morgan fingerprint density at radius 3 is 2.57 bits per heavy atom. The number of benzene rings is 2. The quantitative estimate of drug-likeness (QED) is 0.451. The van der Waals surface area contributed by atoms with Crippen LogP contribution in [0.1, 0.15) is 38.4 Å². The zero-order valence-corrected chi connectivity index (χ0v) is 19.3. The van der Waals surface area contributed by atoms with Crippen molar-refractivity contribution in [2.24, 2.45) is 0 Å². The summed E-state index contributed by atoms with van der Waals surface area (Å²) in [4.78, 5) is 32.8. The minimum Gasteiger partial charge on any atom is -0.457 e. The maximum absolute atomic E-state index is 12.8. The maximum Gasteiger partial charge on any atom is 0.269 e. The standard InChI is InChI=1S/C27H25N5O3/c1-28-27(34)25-16-24(10-11-30-25)35-23-9-5-18-2-6-21(14-20(18)15-23)31-26(33)19-3-7-22(8-4-19)32-13-12-29-17-32/h3-5,7-13,15-17,21H,2,6,14H2,1H3,(H,28,34)(H,31,33). The number of aryl methyl sites for hydroxylation is 1. The lowest BCUT2D eigenvalue weighted by atomic mass is 9.88. The van der Waals surface area contributed by atoms with Crippen LogP contribution in [0.5, 0.6) is 11.5 Å². The predicted molar refractivity (Wildman–Crippen MR) is 131 cm³/mol. The molecule has 5 rings (SSSR count). The molecule has 8 nitrogen and oxygen atoms in total. The minimum absolute atomic E-state index is 0.0411. The van der Waals surface area contributed by atoms with Gasteiger partial charge in [0.25, 0.3) is 11.8 Å². The number of hydrogen-bond acceptors (Lipinski definition) is 5. The van der Waals surface area contributed by atoms with E-state index in [9.17, 15) is 9.59 Å². The largest absolute Gasteiger partial charge is 0.457 e. The molecule has 1 atom stereocenters. The summed E-state index contributed by atoms with van der Waals surface area (Å²) >= 11 is 0. The lowest BCUT2D eigenvalue weighted by molar-refractivity contribution is 0.0931. The number of aromatic nitrogens is 3. The smallest absolute Gasteiger partial charge is 0.269 e. The fourth-order valence-corrected chi connectivity index (χ4v) is 4.25. The van der Waals surface area contributed by atoms with Gasteiger partial charge in [-0.05, 0) is 72.9 Å². The third-order valence-corrected chi connectivity index (χ3v) is 6.10. The molecule has 0 bridgehead atoms. The molecule has 2 N–H and O–H groups in total. The Hall–Kier alpha value is -4.46. The number of rotatable bonds is 6. The van der Waals surface area contributed by atoms with Gasteiger partial charge in [0.15, 0.2) is 0 Å². The van der Waals surface area contributed by atoms with Crippen molar-refractivity contribution in [3.8, 4) is 17.2 Å². The topological polar surface area (TPSA) is 98.1 Å². The molecule has 2 heterocycles. The molecule has 1 aliphatic rings. The lowest BCUT2D eigenvalue weighted by Crippen LogP contribution is -2.38. The highest BCUT2D eigenvalue weighted by molar-refractivity contribution is 5.94. The zero-order valence-electron chi connectivity index (χ0n) is 19.3. The monoisotopic (exact) mass is 467 g/mol. The number of imidazole rings is 1. The van der Waals surface area contributed by atoms with Crippen molar-refractivity contribution in [1.29, 1.82) is 0 Å². The van der Waals surface area contributed by atoms with Gasteiger partial charge in [-0.3, -0.25) is 14.6 Å². The van der Waals surface area contributed by atoms with E-state index in [-0.39, 0.29) is 17.9 Å². The van der Waals surface area contributed by atoms with Crippen LogP contribution < -0.4 is 15.4 Å². The Bertz CT molecular complexity index is 1350. The molecule has 4 aromatic rings. The second kappa shape index (κ2) is 9.80. The van der Waals surface area contributed by atoms with Crippen molar-refractivity contribution >= 4 is 11.8 Å². The van der Waals surface area contributed by atoms with Crippen molar-refractivity contribution in [1.82, 2.24) is 25.2 Å². The molecule has 0 radical (unpaired) electrons. The van der Waals surface area contributed by atoms with E-state index in [4.69, 9.17) is 4.74 Å². The van der Waals surface area contributed by atoms with Crippen LogP contribution in [0.2, 0.25) is 0 Å². The van der Waals surface area contributed by atoms with Gasteiger partial charge >= 0.3 is 0 Å². The number of nitrogens with one attached hydrogen (secondary N) is 2. The molecular weight excluding hydrogens is 442 g/mol. The van der Waals surface area contributed by atoms with Gasteiger partial charge in [0.05, 0.1) is 6.33 Å². The highest BCUT2D eigenvalue weighted by atomic mass is 16.5. The number of nitrogens with zero attached hydrogens (tertiary/aromatic N) is 3. The lowest BCUT2D eigenvalue weighted by Gasteiger charge is -2.26. The highest BCUT2D eigenvalue weighted by Gasteiger charge is 2.21. The van der Waals surface area contributed by atoms with Gasteiger partial charge < -0.3 is 19.9 Å². The van der Waals surface area contributed by atoms with Gasteiger partial charge in [0, 0.05) is 49.0 Å².